The van der Waals surface area contributed by atoms with Crippen LogP contribution in [0.2, 0.25) is 0 Å². The van der Waals surface area contributed by atoms with Crippen LogP contribution < -0.4 is 4.90 Å². The highest BCUT2D eigenvalue weighted by atomic mass is 16.6. The Bertz CT molecular complexity index is 980. The van der Waals surface area contributed by atoms with Crippen molar-refractivity contribution in [2.45, 2.75) is 32.2 Å². The monoisotopic (exact) mass is 426 g/mol. The van der Waals surface area contributed by atoms with Crippen molar-refractivity contribution >= 4 is 11.4 Å². The number of aromatic nitrogens is 5. The van der Waals surface area contributed by atoms with Gasteiger partial charge in [-0.1, -0.05) is 0 Å². The lowest BCUT2D eigenvalue weighted by Gasteiger charge is -2.35. The molecule has 31 heavy (non-hydrogen) atoms. The second-order valence-corrected chi connectivity index (χ2v) is 7.79. The molecule has 1 aliphatic heterocycles. The highest BCUT2D eigenvalue weighted by Gasteiger charge is 2.21. The Kier molecular flexibility index (Phi) is 6.23. The normalized spacial score (nSPS) is 16.9. The van der Waals surface area contributed by atoms with Crippen molar-refractivity contribution in [2.75, 3.05) is 31.1 Å². The van der Waals surface area contributed by atoms with Crippen LogP contribution in [-0.2, 0) is 13.1 Å². The number of benzene rings is 1. The Hall–Kier alpha value is -3.31. The van der Waals surface area contributed by atoms with E-state index in [2.05, 4.69) is 25.0 Å². The molecule has 1 N–H and O–H groups in total. The average molecular weight is 426 g/mol. The molecule has 0 radical (unpaired) electrons. The summed E-state index contributed by atoms with van der Waals surface area (Å²) in [5.41, 5.74) is 2.22. The Morgan fingerprint density at radius 3 is 2.55 bits per heavy atom. The van der Waals surface area contributed by atoms with Crippen LogP contribution in [0.3, 0.4) is 0 Å². The van der Waals surface area contributed by atoms with Crippen LogP contribution in [0.4, 0.5) is 11.4 Å². The van der Waals surface area contributed by atoms with Gasteiger partial charge >= 0.3 is 0 Å². The predicted octanol–water partition coefficient (Wildman–Crippen LogP) is 1.33. The third-order valence-electron chi connectivity index (χ3n) is 5.67. The number of piperazine rings is 1. The molecule has 0 bridgehead atoms. The minimum Gasteiger partial charge on any atom is -0.389 e. The molecule has 0 spiro atoms. The molecule has 11 heteroatoms. The minimum atomic E-state index is -0.625. The van der Waals surface area contributed by atoms with Gasteiger partial charge in [0.05, 0.1) is 29.8 Å². The van der Waals surface area contributed by atoms with Crippen molar-refractivity contribution in [1.29, 1.82) is 0 Å². The Balaban J connectivity index is 1.28. The third-order valence-corrected chi connectivity index (χ3v) is 5.67. The molecular formula is C20H26N8O3. The van der Waals surface area contributed by atoms with Gasteiger partial charge in [-0.2, -0.15) is 10.2 Å². The van der Waals surface area contributed by atoms with Gasteiger partial charge in [-0.25, -0.2) is 4.98 Å². The maximum Gasteiger partial charge on any atom is 0.269 e. The Morgan fingerprint density at radius 2 is 1.90 bits per heavy atom. The number of nitrogens with zero attached hydrogens (tertiary/aromatic N) is 8. The zero-order valence-corrected chi connectivity index (χ0v) is 17.4. The second-order valence-electron chi connectivity index (χ2n) is 7.79. The SMILES string of the molecule is CC(C(O)Cn1cncn1)n1cc(CN2CCN(c3ccc([N+](=O)[O-])cc3)CC2)cn1. The van der Waals surface area contributed by atoms with Gasteiger partial charge in [0, 0.05) is 62.3 Å². The summed E-state index contributed by atoms with van der Waals surface area (Å²) in [6.07, 6.45) is 6.24. The summed E-state index contributed by atoms with van der Waals surface area (Å²) >= 11 is 0. The molecule has 1 fully saturated rings. The molecule has 11 nitrogen and oxygen atoms in total. The first-order valence-corrected chi connectivity index (χ1v) is 10.2. The maximum atomic E-state index is 10.8. The lowest BCUT2D eigenvalue weighted by Crippen LogP contribution is -2.45. The molecule has 164 valence electrons. The minimum absolute atomic E-state index is 0.111. The van der Waals surface area contributed by atoms with Crippen molar-refractivity contribution in [3.05, 3.63) is 65.0 Å². The summed E-state index contributed by atoms with van der Waals surface area (Å²) in [6.45, 7) is 6.60. The summed E-state index contributed by atoms with van der Waals surface area (Å²) in [6, 6.07) is 6.54. The molecule has 1 aromatic carbocycles. The van der Waals surface area contributed by atoms with E-state index in [-0.39, 0.29) is 16.7 Å². The summed E-state index contributed by atoms with van der Waals surface area (Å²) in [5.74, 6) is 0. The number of non-ortho nitro benzene ring substituents is 1. The van der Waals surface area contributed by atoms with E-state index in [1.165, 1.54) is 6.33 Å². The van der Waals surface area contributed by atoms with E-state index in [1.54, 1.807) is 27.8 Å². The van der Waals surface area contributed by atoms with Crippen molar-refractivity contribution in [3.8, 4) is 0 Å². The molecule has 0 aliphatic carbocycles. The predicted molar refractivity (Wildman–Crippen MR) is 114 cm³/mol. The smallest absolute Gasteiger partial charge is 0.269 e. The number of rotatable bonds is 8. The molecule has 0 amide bonds. The van der Waals surface area contributed by atoms with E-state index >= 15 is 0 Å². The fourth-order valence-electron chi connectivity index (χ4n) is 3.74. The summed E-state index contributed by atoms with van der Waals surface area (Å²) in [4.78, 5) is 18.9. The highest BCUT2D eigenvalue weighted by molar-refractivity contribution is 5.51. The number of anilines is 1. The van der Waals surface area contributed by atoms with Crippen LogP contribution >= 0.6 is 0 Å². The number of nitro benzene ring substituents is 1. The molecule has 2 unspecified atom stereocenters. The summed E-state index contributed by atoms with van der Waals surface area (Å²) in [5, 5.41) is 29.7. The van der Waals surface area contributed by atoms with E-state index in [0.29, 0.717) is 6.54 Å². The second kappa shape index (κ2) is 9.23. The van der Waals surface area contributed by atoms with Gasteiger partial charge in [-0.15, -0.1) is 0 Å². The molecule has 0 saturated carbocycles. The zero-order chi connectivity index (χ0) is 21.8. The number of nitro groups is 1. The maximum absolute atomic E-state index is 10.8. The lowest BCUT2D eigenvalue weighted by atomic mass is 10.2. The van der Waals surface area contributed by atoms with Crippen LogP contribution in [0.1, 0.15) is 18.5 Å². The number of hydrogen-bond acceptors (Lipinski definition) is 8. The van der Waals surface area contributed by atoms with E-state index in [9.17, 15) is 15.2 Å². The average Bonchev–Trinajstić information content (AvgIpc) is 3.46. The molecule has 1 saturated heterocycles. The van der Waals surface area contributed by atoms with Crippen LogP contribution in [0.15, 0.2) is 49.3 Å². The number of hydrogen-bond donors (Lipinski definition) is 1. The van der Waals surface area contributed by atoms with Gasteiger partial charge in [-0.05, 0) is 19.1 Å². The first-order chi connectivity index (χ1) is 15.0. The van der Waals surface area contributed by atoms with E-state index in [4.69, 9.17) is 0 Å². The van der Waals surface area contributed by atoms with Gasteiger partial charge in [0.2, 0.25) is 0 Å². The largest absolute Gasteiger partial charge is 0.389 e. The van der Waals surface area contributed by atoms with E-state index in [1.807, 2.05) is 31.5 Å². The van der Waals surface area contributed by atoms with E-state index in [0.717, 1.165) is 44.0 Å². The lowest BCUT2D eigenvalue weighted by molar-refractivity contribution is -0.384. The van der Waals surface area contributed by atoms with Gasteiger partial charge < -0.3 is 10.0 Å². The molecule has 3 aromatic rings. The molecule has 1 aliphatic rings. The van der Waals surface area contributed by atoms with Crippen molar-refractivity contribution in [3.63, 3.8) is 0 Å². The Labute approximate surface area is 179 Å². The standard InChI is InChI=1S/C20H26N8O3/c1-16(20(29)13-26-15-21-14-23-26)27-12-17(10-22-27)11-24-6-8-25(9-7-24)18-2-4-19(5-3-18)28(30)31/h2-5,10,12,14-16,20,29H,6-9,11,13H2,1H3. The van der Waals surface area contributed by atoms with Gasteiger partial charge in [0.25, 0.3) is 5.69 Å². The first kappa shape index (κ1) is 20.9. The zero-order valence-electron chi connectivity index (χ0n) is 17.4. The molecule has 4 rings (SSSR count). The fraction of sp³-hybridized carbons (Fsp3) is 0.450. The van der Waals surface area contributed by atoms with E-state index < -0.39 is 6.10 Å². The molecule has 3 heterocycles. The van der Waals surface area contributed by atoms with Crippen LogP contribution in [0, 0.1) is 10.1 Å². The van der Waals surface area contributed by atoms with Crippen molar-refractivity contribution in [1.82, 2.24) is 29.4 Å². The number of aliphatic hydroxyl groups is 1. The Morgan fingerprint density at radius 1 is 1.16 bits per heavy atom. The van der Waals surface area contributed by atoms with Crippen LogP contribution in [0.5, 0.6) is 0 Å². The molecule has 2 aromatic heterocycles. The quantitative estimate of drug-likeness (QED) is 0.423. The van der Waals surface area contributed by atoms with Gasteiger partial charge in [-0.3, -0.25) is 24.4 Å². The summed E-state index contributed by atoms with van der Waals surface area (Å²) < 4.78 is 3.40. The number of aliphatic hydroxyl groups excluding tert-OH is 1. The van der Waals surface area contributed by atoms with Crippen molar-refractivity contribution < 1.29 is 10.0 Å². The summed E-state index contributed by atoms with van der Waals surface area (Å²) in [7, 11) is 0. The van der Waals surface area contributed by atoms with Crippen LogP contribution in [-0.4, -0.2) is 71.8 Å². The third kappa shape index (κ3) is 5.06. The molecular weight excluding hydrogens is 400 g/mol. The highest BCUT2D eigenvalue weighted by Crippen LogP contribution is 2.21. The van der Waals surface area contributed by atoms with Gasteiger partial charge in [0.15, 0.2) is 0 Å². The van der Waals surface area contributed by atoms with Crippen molar-refractivity contribution in [2.24, 2.45) is 0 Å². The fourth-order valence-corrected chi connectivity index (χ4v) is 3.74. The first-order valence-electron chi connectivity index (χ1n) is 10.2. The topological polar surface area (TPSA) is 118 Å². The molecule has 2 atom stereocenters. The van der Waals surface area contributed by atoms with Crippen LogP contribution in [0.25, 0.3) is 0 Å². The van der Waals surface area contributed by atoms with Gasteiger partial charge in [0.1, 0.15) is 12.7 Å².